The van der Waals surface area contributed by atoms with Crippen molar-refractivity contribution in [3.63, 3.8) is 0 Å². The molecule has 0 amide bonds. The molecule has 30 heavy (non-hydrogen) atoms. The predicted octanol–water partition coefficient (Wildman–Crippen LogP) is 3.42. The van der Waals surface area contributed by atoms with Gasteiger partial charge in [-0.2, -0.15) is 19.5 Å². The molecule has 0 atom stereocenters. The lowest BCUT2D eigenvalue weighted by atomic mass is 9.91. The molecule has 1 aromatic carbocycles. The minimum absolute atomic E-state index is 0.138. The van der Waals surface area contributed by atoms with Gasteiger partial charge in [-0.15, -0.1) is 0 Å². The molecule has 0 bridgehead atoms. The third kappa shape index (κ3) is 6.48. The smallest absolute Gasteiger partial charge is 0.264 e. The Kier molecular flexibility index (Phi) is 8.75. The molecule has 0 saturated carbocycles. The lowest BCUT2D eigenvalue weighted by molar-refractivity contribution is 0.248. The number of nitrogens with one attached hydrogen (secondary N) is 3. The fourth-order valence-electron chi connectivity index (χ4n) is 3.12. The van der Waals surface area contributed by atoms with Gasteiger partial charge in [-0.1, -0.05) is 45.9 Å². The Morgan fingerprint density at radius 3 is 2.23 bits per heavy atom. The van der Waals surface area contributed by atoms with E-state index in [4.69, 9.17) is 4.18 Å². The van der Waals surface area contributed by atoms with Crippen LogP contribution in [0.5, 0.6) is 0 Å². The highest BCUT2D eigenvalue weighted by atomic mass is 32.2. The summed E-state index contributed by atoms with van der Waals surface area (Å²) in [5.41, 5.74) is 10.5. The van der Waals surface area contributed by atoms with E-state index in [0.29, 0.717) is 11.6 Å². The molecule has 1 aliphatic rings. The molecule has 0 spiro atoms. The van der Waals surface area contributed by atoms with E-state index in [1.54, 1.807) is 32.2 Å². The number of hydrogen-bond donors (Lipinski definition) is 3. The van der Waals surface area contributed by atoms with E-state index in [2.05, 4.69) is 35.3 Å². The summed E-state index contributed by atoms with van der Waals surface area (Å²) in [6.07, 6.45) is 1.41. The van der Waals surface area contributed by atoms with Crippen molar-refractivity contribution in [3.05, 3.63) is 53.7 Å². The second-order valence-electron chi connectivity index (χ2n) is 7.86. The molecule has 166 valence electrons. The molecule has 2 aromatic rings. The summed E-state index contributed by atoms with van der Waals surface area (Å²) in [6.45, 7) is 12.3. The van der Waals surface area contributed by atoms with Crippen LogP contribution in [-0.2, 0) is 14.3 Å². The van der Waals surface area contributed by atoms with Crippen LogP contribution in [0.25, 0.3) is 0 Å². The molecule has 0 unspecified atom stereocenters. The van der Waals surface area contributed by atoms with Gasteiger partial charge >= 0.3 is 0 Å². The summed E-state index contributed by atoms with van der Waals surface area (Å²) in [6, 6.07) is 11.2. The molecule has 9 heteroatoms. The molecule has 8 nitrogen and oxygen atoms in total. The van der Waals surface area contributed by atoms with Crippen LogP contribution in [0.1, 0.15) is 64.5 Å². The topological polar surface area (TPSA) is 95.6 Å². The van der Waals surface area contributed by atoms with E-state index in [1.807, 2.05) is 43.1 Å². The van der Waals surface area contributed by atoms with Gasteiger partial charge in [-0.05, 0) is 55.0 Å². The maximum absolute atomic E-state index is 12.3. The van der Waals surface area contributed by atoms with Gasteiger partial charge < -0.3 is 0 Å². The van der Waals surface area contributed by atoms with Crippen LogP contribution in [0.15, 0.2) is 47.5 Å². The molecule has 3 rings (SSSR count). The van der Waals surface area contributed by atoms with Crippen LogP contribution < -0.4 is 21.5 Å². The van der Waals surface area contributed by atoms with Crippen molar-refractivity contribution >= 4 is 15.9 Å². The Morgan fingerprint density at radius 1 is 1.00 bits per heavy atom. The molecule has 1 aromatic heterocycles. The van der Waals surface area contributed by atoms with Crippen LogP contribution in [-0.4, -0.2) is 26.2 Å². The molecular weight excluding hydrogens is 402 g/mol. The normalized spacial score (nSPS) is 14.4. The summed E-state index contributed by atoms with van der Waals surface area (Å²) in [4.78, 5) is 4.45. The molecule has 0 aliphatic carbocycles. The van der Waals surface area contributed by atoms with Gasteiger partial charge in [0.05, 0.1) is 11.0 Å². The minimum atomic E-state index is -3.69. The summed E-state index contributed by atoms with van der Waals surface area (Å²) < 4.78 is 29.8. The number of nitrogens with zero attached hydrogens (tertiary/aromatic N) is 2. The lowest BCUT2D eigenvalue weighted by Crippen LogP contribution is -2.37. The van der Waals surface area contributed by atoms with Crippen LogP contribution in [0.3, 0.4) is 0 Å². The van der Waals surface area contributed by atoms with Gasteiger partial charge in [0.2, 0.25) is 0 Å². The number of hydrogen-bond acceptors (Lipinski definition) is 8. The monoisotopic (exact) mass is 435 g/mol. The Hall–Kier alpha value is -2.04. The molecule has 3 N–H and O–H groups in total. The van der Waals surface area contributed by atoms with Crippen LogP contribution in [0.2, 0.25) is 0 Å². The van der Waals surface area contributed by atoms with E-state index in [9.17, 15) is 8.42 Å². The number of benzene rings is 1. The van der Waals surface area contributed by atoms with Crippen molar-refractivity contribution in [2.45, 2.75) is 64.4 Å². The van der Waals surface area contributed by atoms with Gasteiger partial charge in [-0.25, -0.2) is 10.4 Å². The predicted molar refractivity (Wildman–Crippen MR) is 119 cm³/mol. The highest BCUT2D eigenvalue weighted by Crippen LogP contribution is 2.32. The zero-order valence-corrected chi connectivity index (χ0v) is 19.3. The molecule has 0 radical (unpaired) electrons. The molecule has 1 aliphatic heterocycles. The zero-order valence-electron chi connectivity index (χ0n) is 18.5. The summed E-state index contributed by atoms with van der Waals surface area (Å²) >= 11 is 0. The van der Waals surface area contributed by atoms with Crippen molar-refractivity contribution in [1.82, 2.24) is 21.5 Å². The molecule has 1 fully saturated rings. The summed E-state index contributed by atoms with van der Waals surface area (Å²) in [5, 5.41) is 1.86. The zero-order chi connectivity index (χ0) is 22.3. The number of hydrazine groups is 3. The number of pyridine rings is 1. The quantitative estimate of drug-likeness (QED) is 0.594. The van der Waals surface area contributed by atoms with Crippen molar-refractivity contribution < 1.29 is 12.6 Å². The maximum atomic E-state index is 12.3. The fraction of sp³-hybridized carbons (Fsp3) is 0.476. The van der Waals surface area contributed by atoms with E-state index in [0.717, 1.165) is 16.9 Å². The third-order valence-corrected chi connectivity index (χ3v) is 5.86. The van der Waals surface area contributed by atoms with Crippen molar-refractivity contribution in [2.75, 3.05) is 11.7 Å². The van der Waals surface area contributed by atoms with E-state index < -0.39 is 10.1 Å². The van der Waals surface area contributed by atoms with E-state index in [-0.39, 0.29) is 17.9 Å². The minimum Gasteiger partial charge on any atom is -0.264 e. The van der Waals surface area contributed by atoms with Gasteiger partial charge in [-0.3, -0.25) is 9.19 Å². The SMILES string of the molecule is CC(C)OS(=O)(=O)c1cccc(C(C)C)c1C(C)C.c1ccc(N2CNNN2)nc1. The first-order valence-electron chi connectivity index (χ1n) is 10.1. The van der Waals surface area contributed by atoms with E-state index in [1.165, 1.54) is 0 Å². The largest absolute Gasteiger partial charge is 0.297 e. The van der Waals surface area contributed by atoms with E-state index >= 15 is 0 Å². The van der Waals surface area contributed by atoms with Crippen LogP contribution >= 0.6 is 0 Å². The molecular formula is C21H33N5O3S. The summed E-state index contributed by atoms with van der Waals surface area (Å²) in [7, 11) is -3.69. The first-order valence-corrected chi connectivity index (χ1v) is 11.5. The average Bonchev–Trinajstić information content (AvgIpc) is 3.22. The Labute approximate surface area is 180 Å². The first kappa shape index (κ1) is 24.2. The third-order valence-electron chi connectivity index (χ3n) is 4.33. The Morgan fingerprint density at radius 2 is 1.73 bits per heavy atom. The van der Waals surface area contributed by atoms with Gasteiger partial charge in [0.1, 0.15) is 12.5 Å². The highest BCUT2D eigenvalue weighted by molar-refractivity contribution is 7.86. The maximum Gasteiger partial charge on any atom is 0.297 e. The van der Waals surface area contributed by atoms with Crippen molar-refractivity contribution in [2.24, 2.45) is 0 Å². The lowest BCUT2D eigenvalue weighted by Gasteiger charge is -2.20. The standard InChI is InChI=1S/C15H24O3S.C6H9N5/c1-10(2)13-8-7-9-14(15(13)11(3)4)19(16,17)18-12(5)6;1-2-4-7-6(3-1)11-5-8-9-10-11/h7-12H,1-6H3;1-4,8-10H,5H2. The van der Waals surface area contributed by atoms with Crippen LogP contribution in [0, 0.1) is 0 Å². The second kappa shape index (κ2) is 10.8. The number of aromatic nitrogens is 1. The Balaban J connectivity index is 0.000000244. The second-order valence-corrected chi connectivity index (χ2v) is 9.40. The molecule has 2 heterocycles. The van der Waals surface area contributed by atoms with Crippen molar-refractivity contribution in [3.8, 4) is 0 Å². The fourth-order valence-corrected chi connectivity index (χ4v) is 4.60. The van der Waals surface area contributed by atoms with Gasteiger partial charge in [0, 0.05) is 6.20 Å². The van der Waals surface area contributed by atoms with Crippen molar-refractivity contribution in [1.29, 1.82) is 0 Å². The first-order chi connectivity index (χ1) is 14.1. The number of anilines is 1. The Bertz CT molecular complexity index is 896. The molecule has 1 saturated heterocycles. The highest BCUT2D eigenvalue weighted by Gasteiger charge is 2.25. The summed E-state index contributed by atoms with van der Waals surface area (Å²) in [5.74, 6) is 1.32. The van der Waals surface area contributed by atoms with Crippen LogP contribution in [0.4, 0.5) is 5.82 Å². The average molecular weight is 436 g/mol. The number of rotatable bonds is 6. The van der Waals surface area contributed by atoms with Gasteiger partial charge in [0.25, 0.3) is 10.1 Å². The van der Waals surface area contributed by atoms with Gasteiger partial charge in [0.15, 0.2) is 0 Å².